The van der Waals surface area contributed by atoms with Gasteiger partial charge >= 0.3 is 0 Å². The van der Waals surface area contributed by atoms with E-state index in [0.717, 1.165) is 38.3 Å². The standard InChI is InChI=1S/C22H25N3O4/c26-21(14-17-4-2-1-3-5-17)25-12-10-24(11-13-25)9-8-23-22(27)18-6-7-19-20(15-18)29-16-28-19/h1-7,15H,8-14,16H2,(H,23,27). The van der Waals surface area contributed by atoms with E-state index >= 15 is 0 Å². The van der Waals surface area contributed by atoms with Gasteiger partial charge in [-0.1, -0.05) is 30.3 Å². The van der Waals surface area contributed by atoms with Gasteiger partial charge in [-0.25, -0.2) is 0 Å². The maximum absolute atomic E-state index is 12.4. The molecule has 2 amide bonds. The SMILES string of the molecule is O=C(NCCN1CCN(C(=O)Cc2ccccc2)CC1)c1ccc2c(c1)OCO2. The number of ether oxygens (including phenoxy) is 2. The molecule has 0 saturated carbocycles. The molecule has 0 bridgehead atoms. The van der Waals surface area contributed by atoms with E-state index in [1.54, 1.807) is 18.2 Å². The first-order valence-corrected chi connectivity index (χ1v) is 9.91. The van der Waals surface area contributed by atoms with Gasteiger partial charge in [-0.2, -0.15) is 0 Å². The molecule has 0 atom stereocenters. The molecule has 2 aromatic rings. The number of nitrogens with one attached hydrogen (secondary N) is 1. The summed E-state index contributed by atoms with van der Waals surface area (Å²) in [4.78, 5) is 29.0. The maximum Gasteiger partial charge on any atom is 0.251 e. The Balaban J connectivity index is 1.17. The van der Waals surface area contributed by atoms with Gasteiger partial charge in [0.2, 0.25) is 12.7 Å². The Kier molecular flexibility index (Phi) is 5.95. The van der Waals surface area contributed by atoms with E-state index < -0.39 is 0 Å². The topological polar surface area (TPSA) is 71.1 Å². The number of hydrogen-bond acceptors (Lipinski definition) is 5. The van der Waals surface area contributed by atoms with Crippen LogP contribution in [0.1, 0.15) is 15.9 Å². The lowest BCUT2D eigenvalue weighted by atomic mass is 10.1. The van der Waals surface area contributed by atoms with Crippen molar-refractivity contribution in [1.29, 1.82) is 0 Å². The molecular formula is C22H25N3O4. The summed E-state index contributed by atoms with van der Waals surface area (Å²) in [6.07, 6.45) is 0.451. The Labute approximate surface area is 170 Å². The largest absolute Gasteiger partial charge is 0.454 e. The van der Waals surface area contributed by atoms with Crippen LogP contribution in [0.15, 0.2) is 48.5 Å². The minimum absolute atomic E-state index is 0.125. The number of amides is 2. The number of carbonyl (C=O) groups is 2. The lowest BCUT2D eigenvalue weighted by Crippen LogP contribution is -2.50. The van der Waals surface area contributed by atoms with Crippen molar-refractivity contribution in [2.45, 2.75) is 6.42 Å². The minimum Gasteiger partial charge on any atom is -0.454 e. The fourth-order valence-corrected chi connectivity index (χ4v) is 3.57. The third kappa shape index (κ3) is 4.86. The van der Waals surface area contributed by atoms with Crippen molar-refractivity contribution in [3.05, 3.63) is 59.7 Å². The number of piperazine rings is 1. The third-order valence-electron chi connectivity index (χ3n) is 5.27. The first-order valence-electron chi connectivity index (χ1n) is 9.91. The summed E-state index contributed by atoms with van der Waals surface area (Å²) >= 11 is 0. The van der Waals surface area contributed by atoms with Gasteiger partial charge in [0.1, 0.15) is 0 Å². The summed E-state index contributed by atoms with van der Waals surface area (Å²) in [6.45, 7) is 4.60. The van der Waals surface area contributed by atoms with Crippen molar-refractivity contribution in [2.24, 2.45) is 0 Å². The highest BCUT2D eigenvalue weighted by molar-refractivity contribution is 5.94. The Morgan fingerprint density at radius 1 is 0.931 bits per heavy atom. The van der Waals surface area contributed by atoms with Crippen LogP contribution < -0.4 is 14.8 Å². The molecule has 2 aliphatic rings. The van der Waals surface area contributed by atoms with Crippen molar-refractivity contribution in [3.8, 4) is 11.5 Å². The van der Waals surface area contributed by atoms with Gasteiger partial charge in [0.25, 0.3) is 5.91 Å². The van der Waals surface area contributed by atoms with Crippen molar-refractivity contribution >= 4 is 11.8 Å². The van der Waals surface area contributed by atoms with E-state index in [9.17, 15) is 9.59 Å². The third-order valence-corrected chi connectivity index (χ3v) is 5.27. The number of benzene rings is 2. The van der Waals surface area contributed by atoms with Crippen LogP contribution in [0.2, 0.25) is 0 Å². The maximum atomic E-state index is 12.4. The van der Waals surface area contributed by atoms with Gasteiger partial charge < -0.3 is 19.7 Å². The fourth-order valence-electron chi connectivity index (χ4n) is 3.57. The number of rotatable bonds is 6. The van der Waals surface area contributed by atoms with Crippen molar-refractivity contribution in [3.63, 3.8) is 0 Å². The van der Waals surface area contributed by atoms with E-state index in [2.05, 4.69) is 10.2 Å². The predicted octanol–water partition coefficient (Wildman–Crippen LogP) is 1.53. The number of nitrogens with zero attached hydrogens (tertiary/aromatic N) is 2. The molecule has 0 spiro atoms. The molecule has 7 heteroatoms. The highest BCUT2D eigenvalue weighted by Crippen LogP contribution is 2.32. The van der Waals surface area contributed by atoms with E-state index in [1.165, 1.54) is 0 Å². The second kappa shape index (κ2) is 8.96. The zero-order chi connectivity index (χ0) is 20.1. The Bertz CT molecular complexity index is 864. The van der Waals surface area contributed by atoms with Gasteiger partial charge in [0.15, 0.2) is 11.5 Å². The smallest absolute Gasteiger partial charge is 0.251 e. The molecule has 0 radical (unpaired) electrons. The van der Waals surface area contributed by atoms with Gasteiger partial charge in [-0.05, 0) is 23.8 Å². The van der Waals surface area contributed by atoms with Crippen LogP contribution in [0.3, 0.4) is 0 Å². The zero-order valence-corrected chi connectivity index (χ0v) is 16.3. The molecule has 0 aliphatic carbocycles. The number of fused-ring (bicyclic) bond motifs is 1. The number of carbonyl (C=O) groups excluding carboxylic acids is 2. The van der Waals surface area contributed by atoms with Crippen LogP contribution in [0.4, 0.5) is 0 Å². The molecule has 1 fully saturated rings. The second-order valence-corrected chi connectivity index (χ2v) is 7.21. The van der Waals surface area contributed by atoms with Crippen LogP contribution in [-0.4, -0.2) is 67.7 Å². The van der Waals surface area contributed by atoms with Gasteiger partial charge in [0, 0.05) is 44.8 Å². The Morgan fingerprint density at radius 3 is 2.48 bits per heavy atom. The molecule has 2 heterocycles. The molecule has 152 valence electrons. The average Bonchev–Trinajstić information content (AvgIpc) is 3.23. The summed E-state index contributed by atoms with van der Waals surface area (Å²) in [5, 5.41) is 2.95. The zero-order valence-electron chi connectivity index (χ0n) is 16.3. The van der Waals surface area contributed by atoms with Gasteiger partial charge in [0.05, 0.1) is 6.42 Å². The molecule has 4 rings (SSSR count). The second-order valence-electron chi connectivity index (χ2n) is 7.21. The molecule has 2 aromatic carbocycles. The Morgan fingerprint density at radius 2 is 1.69 bits per heavy atom. The highest BCUT2D eigenvalue weighted by Gasteiger charge is 2.21. The fraction of sp³-hybridized carbons (Fsp3) is 0.364. The molecule has 7 nitrogen and oxygen atoms in total. The summed E-state index contributed by atoms with van der Waals surface area (Å²) < 4.78 is 10.6. The van der Waals surface area contributed by atoms with Crippen LogP contribution >= 0.6 is 0 Å². The van der Waals surface area contributed by atoms with Crippen LogP contribution in [-0.2, 0) is 11.2 Å². The van der Waals surface area contributed by atoms with Crippen molar-refractivity contribution in [2.75, 3.05) is 46.1 Å². The molecule has 1 N–H and O–H groups in total. The predicted molar refractivity (Wildman–Crippen MR) is 108 cm³/mol. The molecule has 0 aromatic heterocycles. The van der Waals surface area contributed by atoms with E-state index in [0.29, 0.717) is 30.0 Å². The van der Waals surface area contributed by atoms with Gasteiger partial charge in [-0.3, -0.25) is 14.5 Å². The van der Waals surface area contributed by atoms with Crippen molar-refractivity contribution < 1.29 is 19.1 Å². The minimum atomic E-state index is -0.125. The Hall–Kier alpha value is -3.06. The molecular weight excluding hydrogens is 370 g/mol. The van der Waals surface area contributed by atoms with Crippen LogP contribution in [0.25, 0.3) is 0 Å². The van der Waals surface area contributed by atoms with Crippen LogP contribution in [0.5, 0.6) is 11.5 Å². The van der Waals surface area contributed by atoms with E-state index in [1.807, 2.05) is 35.2 Å². The summed E-state index contributed by atoms with van der Waals surface area (Å²) in [5.41, 5.74) is 1.61. The first kappa shape index (κ1) is 19.3. The lowest BCUT2D eigenvalue weighted by molar-refractivity contribution is -0.132. The lowest BCUT2D eigenvalue weighted by Gasteiger charge is -2.34. The summed E-state index contributed by atoms with van der Waals surface area (Å²) in [5.74, 6) is 1.32. The molecule has 1 saturated heterocycles. The van der Waals surface area contributed by atoms with Crippen molar-refractivity contribution in [1.82, 2.24) is 15.1 Å². The number of hydrogen-bond donors (Lipinski definition) is 1. The monoisotopic (exact) mass is 395 g/mol. The van der Waals surface area contributed by atoms with E-state index in [-0.39, 0.29) is 18.6 Å². The quantitative estimate of drug-likeness (QED) is 0.803. The van der Waals surface area contributed by atoms with Crippen LogP contribution in [0, 0.1) is 0 Å². The first-order chi connectivity index (χ1) is 14.2. The summed E-state index contributed by atoms with van der Waals surface area (Å²) in [7, 11) is 0. The van der Waals surface area contributed by atoms with E-state index in [4.69, 9.17) is 9.47 Å². The molecule has 0 unspecified atom stereocenters. The van der Waals surface area contributed by atoms with Gasteiger partial charge in [-0.15, -0.1) is 0 Å². The molecule has 29 heavy (non-hydrogen) atoms. The average molecular weight is 395 g/mol. The highest BCUT2D eigenvalue weighted by atomic mass is 16.7. The summed E-state index contributed by atoms with van der Waals surface area (Å²) in [6, 6.07) is 15.0. The molecule has 2 aliphatic heterocycles. The normalized spacial score (nSPS) is 15.9.